The third-order valence-corrected chi connectivity index (χ3v) is 4.52. The van der Waals surface area contributed by atoms with E-state index in [0.29, 0.717) is 0 Å². The smallest absolute Gasteiger partial charge is 0.123 e. The highest BCUT2D eigenvalue weighted by Gasteiger charge is 2.23. The van der Waals surface area contributed by atoms with Gasteiger partial charge in [-0.25, -0.2) is 0 Å². The van der Waals surface area contributed by atoms with Gasteiger partial charge in [-0.1, -0.05) is 18.5 Å². The van der Waals surface area contributed by atoms with Crippen molar-refractivity contribution in [3.05, 3.63) is 27.8 Å². The number of aryl methyl sites for hydroxylation is 1. The van der Waals surface area contributed by atoms with E-state index < -0.39 is 0 Å². The van der Waals surface area contributed by atoms with E-state index in [1.807, 2.05) is 6.92 Å². The Bertz CT molecular complexity index is 455. The number of nitrogens with two attached hydrogens (primary N) is 1. The molecule has 1 aromatic rings. The van der Waals surface area contributed by atoms with Crippen molar-refractivity contribution in [3.63, 3.8) is 0 Å². The molecule has 2 N–H and O–H groups in total. The van der Waals surface area contributed by atoms with E-state index in [0.717, 1.165) is 47.3 Å². The summed E-state index contributed by atoms with van der Waals surface area (Å²) in [5, 5.41) is 0.845. The molecule has 0 heterocycles. The molecule has 0 aliphatic heterocycles. The number of halogens is 1. The van der Waals surface area contributed by atoms with E-state index in [1.54, 1.807) is 0 Å². The van der Waals surface area contributed by atoms with Crippen LogP contribution in [0.3, 0.4) is 0 Å². The fourth-order valence-electron chi connectivity index (χ4n) is 2.24. The van der Waals surface area contributed by atoms with E-state index in [1.165, 1.54) is 18.4 Å². The Morgan fingerprint density at radius 2 is 2.11 bits per heavy atom. The van der Waals surface area contributed by atoms with Crippen LogP contribution in [0.4, 0.5) is 0 Å². The van der Waals surface area contributed by atoms with Crippen molar-refractivity contribution in [2.45, 2.75) is 52.5 Å². The maximum atomic E-state index is 6.36. The molecule has 1 aromatic carbocycles. The summed E-state index contributed by atoms with van der Waals surface area (Å²) >= 11 is 6.36. The first-order valence-electron chi connectivity index (χ1n) is 7.19. The van der Waals surface area contributed by atoms with Gasteiger partial charge >= 0.3 is 0 Å². The first kappa shape index (κ1) is 14.7. The van der Waals surface area contributed by atoms with Crippen molar-refractivity contribution in [2.24, 2.45) is 11.7 Å². The largest absolute Gasteiger partial charge is 0.493 e. The van der Waals surface area contributed by atoms with Crippen molar-refractivity contribution in [1.29, 1.82) is 0 Å². The van der Waals surface area contributed by atoms with Crippen molar-refractivity contribution in [2.75, 3.05) is 6.61 Å². The number of rotatable bonds is 6. The highest BCUT2D eigenvalue weighted by atomic mass is 35.5. The van der Waals surface area contributed by atoms with Gasteiger partial charge in [-0.05, 0) is 62.6 Å². The highest BCUT2D eigenvalue weighted by Crippen LogP contribution is 2.35. The average molecular weight is 282 g/mol. The molecule has 2 nitrogen and oxygen atoms in total. The fourth-order valence-corrected chi connectivity index (χ4v) is 2.41. The van der Waals surface area contributed by atoms with Crippen LogP contribution in [0.1, 0.15) is 42.9 Å². The first-order chi connectivity index (χ1) is 9.02. The van der Waals surface area contributed by atoms with Gasteiger partial charge in [-0.15, -0.1) is 0 Å². The molecular formula is C16H24ClNO. The topological polar surface area (TPSA) is 35.2 Å². The average Bonchev–Trinajstić information content (AvgIpc) is 3.21. The summed E-state index contributed by atoms with van der Waals surface area (Å²) in [6, 6.07) is 2.23. The molecule has 2 rings (SSSR count). The van der Waals surface area contributed by atoms with E-state index in [9.17, 15) is 0 Å². The summed E-state index contributed by atoms with van der Waals surface area (Å²) in [6.07, 6.45) is 4.40. The second kappa shape index (κ2) is 6.15. The van der Waals surface area contributed by atoms with E-state index in [2.05, 4.69) is 19.9 Å². The number of hydrogen-bond acceptors (Lipinski definition) is 2. The van der Waals surface area contributed by atoms with Gasteiger partial charge in [0, 0.05) is 16.6 Å². The molecule has 0 bridgehead atoms. The van der Waals surface area contributed by atoms with Crippen LogP contribution < -0.4 is 10.5 Å². The van der Waals surface area contributed by atoms with Crippen LogP contribution in [0.2, 0.25) is 5.02 Å². The van der Waals surface area contributed by atoms with Crippen LogP contribution in [0, 0.1) is 19.8 Å². The SMILES string of the molecule is CCC(N)Cc1c(OCC2CC2)cc(C)c(Cl)c1C. The maximum Gasteiger partial charge on any atom is 0.123 e. The monoisotopic (exact) mass is 281 g/mol. The summed E-state index contributed by atoms with van der Waals surface area (Å²) < 4.78 is 6.01. The second-order valence-electron chi connectivity index (χ2n) is 5.74. The molecular weight excluding hydrogens is 258 g/mol. The van der Waals surface area contributed by atoms with Crippen molar-refractivity contribution in [3.8, 4) is 5.75 Å². The number of ether oxygens (including phenoxy) is 1. The zero-order valence-corrected chi connectivity index (χ0v) is 12.9. The highest BCUT2D eigenvalue weighted by molar-refractivity contribution is 6.32. The minimum absolute atomic E-state index is 0.167. The Labute approximate surface area is 121 Å². The van der Waals surface area contributed by atoms with Gasteiger partial charge in [-0.3, -0.25) is 0 Å². The molecule has 0 aromatic heterocycles. The summed E-state index contributed by atoms with van der Waals surface area (Å²) in [5.41, 5.74) is 9.49. The molecule has 3 heteroatoms. The molecule has 1 fully saturated rings. The zero-order valence-electron chi connectivity index (χ0n) is 12.1. The van der Waals surface area contributed by atoms with Gasteiger partial charge in [0.25, 0.3) is 0 Å². The Morgan fingerprint density at radius 3 is 2.68 bits per heavy atom. The third-order valence-electron chi connectivity index (χ3n) is 3.94. The lowest BCUT2D eigenvalue weighted by Crippen LogP contribution is -2.22. The lowest BCUT2D eigenvalue weighted by atomic mass is 9.97. The molecule has 1 unspecified atom stereocenters. The normalized spacial score (nSPS) is 16.5. The number of hydrogen-bond donors (Lipinski definition) is 1. The fraction of sp³-hybridized carbons (Fsp3) is 0.625. The number of benzene rings is 1. The van der Waals surface area contributed by atoms with E-state index in [4.69, 9.17) is 22.1 Å². The molecule has 1 aliphatic carbocycles. The van der Waals surface area contributed by atoms with Crippen LogP contribution in [-0.4, -0.2) is 12.6 Å². The molecule has 106 valence electrons. The van der Waals surface area contributed by atoms with Crippen LogP contribution in [-0.2, 0) is 6.42 Å². The molecule has 19 heavy (non-hydrogen) atoms. The molecule has 0 saturated heterocycles. The lowest BCUT2D eigenvalue weighted by molar-refractivity contribution is 0.295. The second-order valence-corrected chi connectivity index (χ2v) is 6.11. The minimum atomic E-state index is 0.167. The predicted octanol–water partition coefficient (Wildman–Crippen LogP) is 4.03. The van der Waals surface area contributed by atoms with E-state index >= 15 is 0 Å². The first-order valence-corrected chi connectivity index (χ1v) is 7.57. The van der Waals surface area contributed by atoms with Crippen LogP contribution in [0.5, 0.6) is 5.75 Å². The molecule has 0 radical (unpaired) electrons. The van der Waals surface area contributed by atoms with E-state index in [-0.39, 0.29) is 6.04 Å². The molecule has 1 atom stereocenters. The van der Waals surface area contributed by atoms with Crippen molar-refractivity contribution >= 4 is 11.6 Å². The van der Waals surface area contributed by atoms with Gasteiger partial charge in [0.1, 0.15) is 5.75 Å². The summed E-state index contributed by atoms with van der Waals surface area (Å²) in [4.78, 5) is 0. The molecule has 0 amide bonds. The molecule has 1 aliphatic rings. The van der Waals surface area contributed by atoms with Crippen LogP contribution in [0.15, 0.2) is 6.07 Å². The van der Waals surface area contributed by atoms with Crippen LogP contribution >= 0.6 is 11.6 Å². The zero-order chi connectivity index (χ0) is 14.0. The maximum absolute atomic E-state index is 6.36. The van der Waals surface area contributed by atoms with Gasteiger partial charge in [-0.2, -0.15) is 0 Å². The van der Waals surface area contributed by atoms with Gasteiger partial charge in [0.15, 0.2) is 0 Å². The predicted molar refractivity (Wildman–Crippen MR) is 81.1 cm³/mol. The van der Waals surface area contributed by atoms with Crippen molar-refractivity contribution < 1.29 is 4.74 Å². The third kappa shape index (κ3) is 3.64. The lowest BCUT2D eigenvalue weighted by Gasteiger charge is -2.19. The Morgan fingerprint density at radius 1 is 1.42 bits per heavy atom. The Balaban J connectivity index is 2.25. The minimum Gasteiger partial charge on any atom is -0.493 e. The summed E-state index contributed by atoms with van der Waals surface area (Å²) in [5.74, 6) is 1.74. The standard InChI is InChI=1S/C16H24ClNO/c1-4-13(18)8-14-11(3)16(17)10(2)7-15(14)19-9-12-5-6-12/h7,12-13H,4-6,8-9,18H2,1-3H3. The molecule has 0 spiro atoms. The summed E-state index contributed by atoms with van der Waals surface area (Å²) in [7, 11) is 0. The quantitative estimate of drug-likeness (QED) is 0.854. The Kier molecular flexibility index (Phi) is 4.75. The van der Waals surface area contributed by atoms with Gasteiger partial charge in [0.2, 0.25) is 0 Å². The molecule has 1 saturated carbocycles. The Hall–Kier alpha value is -0.730. The summed E-state index contributed by atoms with van der Waals surface area (Å²) in [6.45, 7) is 7.04. The van der Waals surface area contributed by atoms with Gasteiger partial charge in [0.05, 0.1) is 6.61 Å². The van der Waals surface area contributed by atoms with Crippen molar-refractivity contribution in [1.82, 2.24) is 0 Å². The van der Waals surface area contributed by atoms with Gasteiger partial charge < -0.3 is 10.5 Å². The van der Waals surface area contributed by atoms with Crippen LogP contribution in [0.25, 0.3) is 0 Å².